The molecule has 0 bridgehead atoms. The molecule has 2 rings (SSSR count). The Morgan fingerprint density at radius 2 is 1.67 bits per heavy atom. The summed E-state index contributed by atoms with van der Waals surface area (Å²) in [6.07, 6.45) is 22.6. The summed E-state index contributed by atoms with van der Waals surface area (Å²) in [6, 6.07) is 1.99. The highest BCUT2D eigenvalue weighted by Gasteiger charge is 2.30. The van der Waals surface area contributed by atoms with Crippen LogP contribution in [-0.4, -0.2) is 12.1 Å². The molecule has 0 N–H and O–H groups in total. The van der Waals surface area contributed by atoms with E-state index < -0.39 is 0 Å². The third-order valence-electron chi connectivity index (χ3n) is 6.38. The van der Waals surface area contributed by atoms with Gasteiger partial charge in [-0.25, -0.2) is 0 Å². The van der Waals surface area contributed by atoms with Crippen molar-refractivity contribution in [1.82, 2.24) is 0 Å². The van der Waals surface area contributed by atoms with Crippen molar-refractivity contribution in [1.29, 1.82) is 5.26 Å². The molecule has 2 saturated carbocycles. The van der Waals surface area contributed by atoms with Crippen LogP contribution < -0.4 is 0 Å². The predicted octanol–water partition coefficient (Wildman–Crippen LogP) is 6.50. The summed E-state index contributed by atoms with van der Waals surface area (Å²) in [5, 5.41) is 8.43. The van der Waals surface area contributed by atoms with Gasteiger partial charge in [0.2, 0.25) is 0 Å². The average Bonchev–Trinajstić information content (AvgIpc) is 2.70. The van der Waals surface area contributed by atoms with Crippen LogP contribution in [0.25, 0.3) is 0 Å². The minimum atomic E-state index is 0.0759. The number of ether oxygens (including phenoxy) is 1. The zero-order chi connectivity index (χ0) is 19.3. The molecule has 0 spiro atoms. The normalized spacial score (nSPS) is 29.0. The van der Waals surface area contributed by atoms with E-state index in [2.05, 4.69) is 13.0 Å². The molecular weight excluding hydrogens is 334 g/mol. The number of hydrogen-bond donors (Lipinski definition) is 0. The van der Waals surface area contributed by atoms with Gasteiger partial charge in [0.25, 0.3) is 0 Å². The fourth-order valence-electron chi connectivity index (χ4n) is 4.58. The smallest absolute Gasteiger partial charge is 0.309 e. The molecule has 2 aliphatic carbocycles. The molecule has 0 amide bonds. The van der Waals surface area contributed by atoms with Crippen LogP contribution in [0.4, 0.5) is 0 Å². The topological polar surface area (TPSA) is 50.1 Å². The van der Waals surface area contributed by atoms with E-state index >= 15 is 0 Å². The second kappa shape index (κ2) is 12.8. The van der Waals surface area contributed by atoms with Crippen LogP contribution in [0.5, 0.6) is 0 Å². The zero-order valence-corrected chi connectivity index (χ0v) is 17.1. The highest BCUT2D eigenvalue weighted by atomic mass is 16.5. The van der Waals surface area contributed by atoms with Gasteiger partial charge in [0.05, 0.1) is 12.0 Å². The summed E-state index contributed by atoms with van der Waals surface area (Å²) in [5.74, 6) is 1.80. The zero-order valence-electron chi connectivity index (χ0n) is 17.1. The van der Waals surface area contributed by atoms with Crippen molar-refractivity contribution in [2.24, 2.45) is 17.8 Å². The van der Waals surface area contributed by atoms with Crippen molar-refractivity contribution in [2.45, 2.75) is 96.5 Å². The third kappa shape index (κ3) is 8.33. The molecule has 0 atom stereocenters. The van der Waals surface area contributed by atoms with Gasteiger partial charge in [-0.15, -0.1) is 0 Å². The van der Waals surface area contributed by atoms with Gasteiger partial charge in [0.15, 0.2) is 0 Å². The highest BCUT2D eigenvalue weighted by Crippen LogP contribution is 2.34. The molecule has 27 heavy (non-hydrogen) atoms. The van der Waals surface area contributed by atoms with Gasteiger partial charge in [-0.3, -0.25) is 4.79 Å². The number of unbranched alkanes of at least 4 members (excludes halogenated alkanes) is 1. The summed E-state index contributed by atoms with van der Waals surface area (Å²) in [4.78, 5) is 12.5. The van der Waals surface area contributed by atoms with Gasteiger partial charge >= 0.3 is 5.97 Å². The molecule has 0 saturated heterocycles. The number of rotatable bonds is 9. The maximum atomic E-state index is 12.5. The van der Waals surface area contributed by atoms with Crippen LogP contribution in [-0.2, 0) is 9.53 Å². The number of hydrogen-bond acceptors (Lipinski definition) is 3. The molecular formula is C24H37NO2. The molecule has 0 heterocycles. The third-order valence-corrected chi connectivity index (χ3v) is 6.38. The number of esters is 1. The largest absolute Gasteiger partial charge is 0.462 e. The standard InChI is InChI=1S/C24H37NO2/c1-2-3-9-20-13-17-23(18-14-20)27-24(26)22-15-11-21(12-16-22)10-7-5-4-6-8-19-25/h4-6,8,20-23H,2-3,7,9-18H2,1H3/t20-,21-,22-,23-. The van der Waals surface area contributed by atoms with Crippen LogP contribution in [0, 0.1) is 29.1 Å². The Morgan fingerprint density at radius 3 is 2.33 bits per heavy atom. The van der Waals surface area contributed by atoms with E-state index in [0.717, 1.165) is 56.8 Å². The van der Waals surface area contributed by atoms with Crippen LogP contribution >= 0.6 is 0 Å². The quantitative estimate of drug-likeness (QED) is 0.264. The van der Waals surface area contributed by atoms with Crippen molar-refractivity contribution >= 4 is 5.97 Å². The average molecular weight is 372 g/mol. The van der Waals surface area contributed by atoms with Crippen LogP contribution in [0.3, 0.4) is 0 Å². The fourth-order valence-corrected chi connectivity index (χ4v) is 4.58. The Hall–Kier alpha value is -1.56. The fraction of sp³-hybridized carbons (Fsp3) is 0.750. The Balaban J connectivity index is 1.59. The maximum absolute atomic E-state index is 12.5. The Labute approximate surface area is 165 Å². The van der Waals surface area contributed by atoms with Crippen molar-refractivity contribution in [3.8, 4) is 6.07 Å². The van der Waals surface area contributed by atoms with Crippen molar-refractivity contribution < 1.29 is 9.53 Å². The predicted molar refractivity (Wildman–Crippen MR) is 110 cm³/mol. The van der Waals surface area contributed by atoms with Crippen molar-refractivity contribution in [3.05, 3.63) is 24.3 Å². The first-order valence-corrected chi connectivity index (χ1v) is 11.1. The van der Waals surface area contributed by atoms with Crippen LogP contribution in [0.15, 0.2) is 24.3 Å². The van der Waals surface area contributed by atoms with Crippen LogP contribution in [0.2, 0.25) is 0 Å². The summed E-state index contributed by atoms with van der Waals surface area (Å²) in [5.41, 5.74) is 0. The van der Waals surface area contributed by atoms with Gasteiger partial charge in [-0.2, -0.15) is 5.26 Å². The van der Waals surface area contributed by atoms with Crippen molar-refractivity contribution in [3.63, 3.8) is 0 Å². The highest BCUT2D eigenvalue weighted by molar-refractivity contribution is 5.72. The Morgan fingerprint density at radius 1 is 1.00 bits per heavy atom. The maximum Gasteiger partial charge on any atom is 0.309 e. The van der Waals surface area contributed by atoms with Gasteiger partial charge in [0, 0.05) is 6.08 Å². The molecule has 0 aromatic heterocycles. The molecule has 0 aromatic rings. The molecule has 0 unspecified atom stereocenters. The van der Waals surface area contributed by atoms with Gasteiger partial charge in [-0.05, 0) is 76.0 Å². The van der Waals surface area contributed by atoms with Gasteiger partial charge in [-0.1, -0.05) is 44.4 Å². The van der Waals surface area contributed by atoms with Crippen molar-refractivity contribution in [2.75, 3.05) is 0 Å². The first-order valence-electron chi connectivity index (χ1n) is 11.1. The lowest BCUT2D eigenvalue weighted by Crippen LogP contribution is -2.30. The molecule has 3 nitrogen and oxygen atoms in total. The Kier molecular flexibility index (Phi) is 10.3. The lowest BCUT2D eigenvalue weighted by Gasteiger charge is -2.31. The second-order valence-corrected chi connectivity index (χ2v) is 8.43. The SMILES string of the molecule is CCCC[C@H]1CC[C@H](OC(=O)[C@H]2CC[C@H](CCC=CC=CC#N)CC2)CC1. The molecule has 2 fully saturated rings. The minimum absolute atomic E-state index is 0.0759. The molecule has 2 aliphatic rings. The minimum Gasteiger partial charge on any atom is -0.462 e. The van der Waals surface area contributed by atoms with E-state index in [0.29, 0.717) is 0 Å². The molecule has 0 aromatic carbocycles. The summed E-state index contributed by atoms with van der Waals surface area (Å²) in [7, 11) is 0. The van der Waals surface area contributed by atoms with E-state index in [1.54, 1.807) is 6.08 Å². The monoisotopic (exact) mass is 371 g/mol. The molecule has 3 heteroatoms. The molecule has 0 radical (unpaired) electrons. The lowest BCUT2D eigenvalue weighted by molar-refractivity contribution is -0.157. The van der Waals surface area contributed by atoms with E-state index in [-0.39, 0.29) is 18.0 Å². The van der Waals surface area contributed by atoms with E-state index in [9.17, 15) is 4.79 Å². The number of nitrogens with zero attached hydrogens (tertiary/aromatic N) is 1. The Bertz CT molecular complexity index is 515. The first kappa shape index (κ1) is 21.7. The number of carbonyl (C=O) groups is 1. The van der Waals surface area contributed by atoms with Crippen LogP contribution in [0.1, 0.15) is 90.4 Å². The summed E-state index contributed by atoms with van der Waals surface area (Å²) < 4.78 is 5.87. The number of allylic oxidation sites excluding steroid dienone is 4. The summed E-state index contributed by atoms with van der Waals surface area (Å²) >= 11 is 0. The number of carbonyl (C=O) groups excluding carboxylic acids is 1. The van der Waals surface area contributed by atoms with E-state index in [4.69, 9.17) is 10.00 Å². The second-order valence-electron chi connectivity index (χ2n) is 8.43. The van der Waals surface area contributed by atoms with E-state index in [1.807, 2.05) is 12.1 Å². The molecule has 150 valence electrons. The lowest BCUT2D eigenvalue weighted by atomic mass is 9.80. The summed E-state index contributed by atoms with van der Waals surface area (Å²) in [6.45, 7) is 2.26. The number of nitriles is 1. The molecule has 0 aliphatic heterocycles. The van der Waals surface area contributed by atoms with Gasteiger partial charge < -0.3 is 4.74 Å². The first-order chi connectivity index (χ1) is 13.2. The van der Waals surface area contributed by atoms with E-state index in [1.165, 1.54) is 44.6 Å². The van der Waals surface area contributed by atoms with Gasteiger partial charge in [0.1, 0.15) is 6.10 Å².